The van der Waals surface area contributed by atoms with E-state index in [0.717, 1.165) is 0 Å². The summed E-state index contributed by atoms with van der Waals surface area (Å²) in [6.07, 6.45) is 0. The molecule has 0 bridgehead atoms. The summed E-state index contributed by atoms with van der Waals surface area (Å²) in [7, 11) is 4.64. The third kappa shape index (κ3) is 3.14. The van der Waals surface area contributed by atoms with Crippen LogP contribution in [0.25, 0.3) is 0 Å². The van der Waals surface area contributed by atoms with E-state index in [0.29, 0.717) is 41.8 Å². The van der Waals surface area contributed by atoms with Crippen LogP contribution in [-0.2, 0) is 6.54 Å². The summed E-state index contributed by atoms with van der Waals surface area (Å²) in [5, 5.41) is 0. The van der Waals surface area contributed by atoms with Crippen LogP contribution in [0, 0.1) is 0 Å². The van der Waals surface area contributed by atoms with Gasteiger partial charge in [0.25, 0.3) is 5.91 Å². The molecule has 0 N–H and O–H groups in total. The van der Waals surface area contributed by atoms with Crippen molar-refractivity contribution in [2.45, 2.75) is 19.4 Å². The van der Waals surface area contributed by atoms with Crippen molar-refractivity contribution in [1.82, 2.24) is 4.90 Å². The normalized spacial score (nSPS) is 16.2. The Morgan fingerprint density at radius 2 is 1.68 bits per heavy atom. The van der Waals surface area contributed by atoms with Gasteiger partial charge in [0.2, 0.25) is 5.75 Å². The largest absolute Gasteiger partial charge is 0.493 e. The Hall–Kier alpha value is -2.69. The summed E-state index contributed by atoms with van der Waals surface area (Å²) >= 11 is 0. The van der Waals surface area contributed by atoms with Gasteiger partial charge in [0.05, 0.1) is 21.3 Å². The first-order chi connectivity index (χ1) is 12.1. The highest BCUT2D eigenvalue weighted by Gasteiger charge is 2.27. The molecule has 132 valence electrons. The first-order valence-corrected chi connectivity index (χ1v) is 8.26. The topological polar surface area (TPSA) is 48.0 Å². The van der Waals surface area contributed by atoms with Crippen LogP contribution >= 0.6 is 0 Å². The molecule has 0 saturated carbocycles. The second kappa shape index (κ2) is 7.05. The fourth-order valence-corrected chi connectivity index (χ4v) is 3.40. The maximum atomic E-state index is 13.1. The number of benzene rings is 2. The van der Waals surface area contributed by atoms with Gasteiger partial charge in [-0.2, -0.15) is 0 Å². The van der Waals surface area contributed by atoms with Gasteiger partial charge in [-0.25, -0.2) is 0 Å². The molecular formula is C20H23NO4. The van der Waals surface area contributed by atoms with Crippen molar-refractivity contribution in [3.8, 4) is 17.2 Å². The van der Waals surface area contributed by atoms with E-state index in [1.165, 1.54) is 11.1 Å². The lowest BCUT2D eigenvalue weighted by Crippen LogP contribution is -2.37. The molecule has 0 spiro atoms. The molecule has 5 nitrogen and oxygen atoms in total. The molecule has 0 aromatic heterocycles. The Kier molecular flexibility index (Phi) is 4.83. The Balaban J connectivity index is 1.94. The fraction of sp³-hybridized carbons (Fsp3) is 0.350. The maximum absolute atomic E-state index is 13.1. The standard InChI is InChI=1S/C20H23NO4/c1-13-11-21(12-14-7-5-6-8-16(13)14)20(22)15-9-17(23-2)19(25-4)18(10-15)24-3/h5-10,13H,11-12H2,1-4H3. The SMILES string of the molecule is COc1cc(C(=O)N2Cc3ccccc3C(C)C2)cc(OC)c1OC. The molecule has 0 fully saturated rings. The van der Waals surface area contributed by atoms with Gasteiger partial charge in [-0.1, -0.05) is 31.2 Å². The fourth-order valence-electron chi connectivity index (χ4n) is 3.40. The van der Waals surface area contributed by atoms with Crippen molar-refractivity contribution in [1.29, 1.82) is 0 Å². The lowest BCUT2D eigenvalue weighted by Gasteiger charge is -2.33. The molecule has 1 atom stereocenters. The monoisotopic (exact) mass is 341 g/mol. The predicted octanol–water partition coefficient (Wildman–Crippen LogP) is 3.47. The van der Waals surface area contributed by atoms with E-state index in [1.54, 1.807) is 33.5 Å². The van der Waals surface area contributed by atoms with Crippen LogP contribution in [0.15, 0.2) is 36.4 Å². The van der Waals surface area contributed by atoms with Crippen LogP contribution in [0.3, 0.4) is 0 Å². The third-order valence-electron chi connectivity index (χ3n) is 4.64. The average molecular weight is 341 g/mol. The van der Waals surface area contributed by atoms with Crippen LogP contribution in [0.5, 0.6) is 17.2 Å². The summed E-state index contributed by atoms with van der Waals surface area (Å²) in [6, 6.07) is 11.7. The smallest absolute Gasteiger partial charge is 0.254 e. The van der Waals surface area contributed by atoms with Crippen molar-refractivity contribution < 1.29 is 19.0 Å². The van der Waals surface area contributed by atoms with Crippen LogP contribution in [0.4, 0.5) is 0 Å². The van der Waals surface area contributed by atoms with Crippen LogP contribution < -0.4 is 14.2 Å². The van der Waals surface area contributed by atoms with E-state index >= 15 is 0 Å². The number of nitrogens with zero attached hydrogens (tertiary/aromatic N) is 1. The van der Waals surface area contributed by atoms with Gasteiger partial charge in [0.15, 0.2) is 11.5 Å². The van der Waals surface area contributed by atoms with E-state index in [1.807, 2.05) is 17.0 Å². The van der Waals surface area contributed by atoms with Gasteiger partial charge < -0.3 is 19.1 Å². The van der Waals surface area contributed by atoms with E-state index < -0.39 is 0 Å². The minimum atomic E-state index is -0.0411. The number of methoxy groups -OCH3 is 3. The molecule has 1 aliphatic heterocycles. The zero-order valence-electron chi connectivity index (χ0n) is 15.0. The molecule has 1 heterocycles. The quantitative estimate of drug-likeness (QED) is 0.854. The number of amides is 1. The summed E-state index contributed by atoms with van der Waals surface area (Å²) < 4.78 is 16.0. The first kappa shape index (κ1) is 17.1. The number of hydrogen-bond donors (Lipinski definition) is 0. The third-order valence-corrected chi connectivity index (χ3v) is 4.64. The summed E-state index contributed by atoms with van der Waals surface area (Å²) in [6.45, 7) is 3.44. The first-order valence-electron chi connectivity index (χ1n) is 8.26. The van der Waals surface area contributed by atoms with E-state index in [2.05, 4.69) is 19.1 Å². The Morgan fingerprint density at radius 3 is 2.28 bits per heavy atom. The molecule has 0 aliphatic carbocycles. The number of carbonyl (C=O) groups excluding carboxylic acids is 1. The van der Waals surface area contributed by atoms with Gasteiger partial charge in [0.1, 0.15) is 0 Å². The van der Waals surface area contributed by atoms with Crippen molar-refractivity contribution >= 4 is 5.91 Å². The summed E-state index contributed by atoms with van der Waals surface area (Å²) in [5.74, 6) is 1.71. The summed E-state index contributed by atoms with van der Waals surface area (Å²) in [5.41, 5.74) is 3.04. The van der Waals surface area contributed by atoms with Crippen LogP contribution in [0.2, 0.25) is 0 Å². The van der Waals surface area contributed by atoms with Crippen LogP contribution in [0.1, 0.15) is 34.3 Å². The minimum Gasteiger partial charge on any atom is -0.493 e. The minimum absolute atomic E-state index is 0.0411. The molecule has 1 aliphatic rings. The second-order valence-corrected chi connectivity index (χ2v) is 6.20. The molecule has 25 heavy (non-hydrogen) atoms. The molecular weight excluding hydrogens is 318 g/mol. The number of hydrogen-bond acceptors (Lipinski definition) is 4. The number of carbonyl (C=O) groups is 1. The lowest BCUT2D eigenvalue weighted by molar-refractivity contribution is 0.0720. The van der Waals surface area contributed by atoms with Crippen molar-refractivity contribution in [2.24, 2.45) is 0 Å². The van der Waals surface area contributed by atoms with E-state index in [9.17, 15) is 4.79 Å². The Labute approximate surface area is 148 Å². The van der Waals surface area contributed by atoms with Gasteiger partial charge in [0, 0.05) is 18.7 Å². The summed E-state index contributed by atoms with van der Waals surface area (Å²) in [4.78, 5) is 14.9. The molecule has 1 amide bonds. The second-order valence-electron chi connectivity index (χ2n) is 6.20. The highest BCUT2D eigenvalue weighted by molar-refractivity contribution is 5.96. The number of rotatable bonds is 4. The molecule has 0 saturated heterocycles. The number of fused-ring (bicyclic) bond motifs is 1. The predicted molar refractivity (Wildman–Crippen MR) is 95.7 cm³/mol. The van der Waals surface area contributed by atoms with Crippen molar-refractivity contribution in [3.05, 3.63) is 53.1 Å². The Bertz CT molecular complexity index is 762. The highest BCUT2D eigenvalue weighted by Crippen LogP contribution is 2.39. The van der Waals surface area contributed by atoms with E-state index in [4.69, 9.17) is 14.2 Å². The molecule has 2 aromatic rings. The molecule has 1 unspecified atom stereocenters. The molecule has 2 aromatic carbocycles. The van der Waals surface area contributed by atoms with Gasteiger partial charge in [-0.05, 0) is 29.2 Å². The highest BCUT2D eigenvalue weighted by atomic mass is 16.5. The number of ether oxygens (including phenoxy) is 3. The van der Waals surface area contributed by atoms with Crippen LogP contribution in [-0.4, -0.2) is 38.7 Å². The molecule has 5 heteroatoms. The zero-order valence-corrected chi connectivity index (χ0v) is 15.0. The zero-order chi connectivity index (χ0) is 18.0. The van der Waals surface area contributed by atoms with Gasteiger partial charge >= 0.3 is 0 Å². The van der Waals surface area contributed by atoms with Crippen molar-refractivity contribution in [2.75, 3.05) is 27.9 Å². The Morgan fingerprint density at radius 1 is 1.04 bits per heavy atom. The van der Waals surface area contributed by atoms with Gasteiger partial charge in [-0.15, -0.1) is 0 Å². The molecule has 0 radical (unpaired) electrons. The van der Waals surface area contributed by atoms with Crippen molar-refractivity contribution in [3.63, 3.8) is 0 Å². The maximum Gasteiger partial charge on any atom is 0.254 e. The molecule has 3 rings (SSSR count). The average Bonchev–Trinajstić information content (AvgIpc) is 2.66. The van der Waals surface area contributed by atoms with E-state index in [-0.39, 0.29) is 5.91 Å². The lowest BCUT2D eigenvalue weighted by atomic mass is 9.91. The van der Waals surface area contributed by atoms with Gasteiger partial charge in [-0.3, -0.25) is 4.79 Å².